The summed E-state index contributed by atoms with van der Waals surface area (Å²) in [7, 11) is 1.89. The van der Waals surface area contributed by atoms with Crippen LogP contribution in [-0.4, -0.2) is 30.3 Å². The third-order valence-electron chi connectivity index (χ3n) is 2.60. The molecule has 0 aliphatic heterocycles. The van der Waals surface area contributed by atoms with Gasteiger partial charge in [-0.25, -0.2) is 4.98 Å². The SMILES string of the molecule is CN(CCO)c1nccc2cccc(N)c12. The fourth-order valence-electron chi connectivity index (χ4n) is 1.78. The summed E-state index contributed by atoms with van der Waals surface area (Å²) in [6.07, 6.45) is 1.75. The number of hydrogen-bond acceptors (Lipinski definition) is 4. The number of aromatic nitrogens is 1. The van der Waals surface area contributed by atoms with Gasteiger partial charge in [0.15, 0.2) is 0 Å². The topological polar surface area (TPSA) is 62.4 Å². The highest BCUT2D eigenvalue weighted by Crippen LogP contribution is 2.28. The van der Waals surface area contributed by atoms with Gasteiger partial charge in [-0.05, 0) is 17.5 Å². The Balaban J connectivity index is 2.60. The molecule has 4 heteroatoms. The average Bonchev–Trinajstić information content (AvgIpc) is 2.29. The van der Waals surface area contributed by atoms with Crippen molar-refractivity contribution in [3.8, 4) is 0 Å². The van der Waals surface area contributed by atoms with Crippen LogP contribution in [-0.2, 0) is 0 Å². The molecule has 0 unspecified atom stereocenters. The molecule has 0 radical (unpaired) electrons. The number of benzene rings is 1. The quantitative estimate of drug-likeness (QED) is 0.759. The lowest BCUT2D eigenvalue weighted by molar-refractivity contribution is 0.304. The molecular formula is C12H15N3O. The first-order valence-corrected chi connectivity index (χ1v) is 5.19. The molecule has 0 spiro atoms. The number of nitrogen functional groups attached to an aromatic ring is 1. The minimum atomic E-state index is 0.0985. The maximum Gasteiger partial charge on any atom is 0.138 e. The van der Waals surface area contributed by atoms with Crippen LogP contribution in [0.5, 0.6) is 0 Å². The first-order chi connectivity index (χ1) is 7.74. The van der Waals surface area contributed by atoms with E-state index < -0.39 is 0 Å². The van der Waals surface area contributed by atoms with Crippen LogP contribution in [0.2, 0.25) is 0 Å². The van der Waals surface area contributed by atoms with E-state index in [1.165, 1.54) is 0 Å². The molecular weight excluding hydrogens is 202 g/mol. The molecule has 0 bridgehead atoms. The molecule has 1 heterocycles. The lowest BCUT2D eigenvalue weighted by atomic mass is 10.1. The van der Waals surface area contributed by atoms with Crippen molar-refractivity contribution in [3.05, 3.63) is 30.5 Å². The van der Waals surface area contributed by atoms with Gasteiger partial charge in [0.25, 0.3) is 0 Å². The van der Waals surface area contributed by atoms with Crippen molar-refractivity contribution in [3.63, 3.8) is 0 Å². The molecule has 3 N–H and O–H groups in total. The van der Waals surface area contributed by atoms with Crippen LogP contribution in [0.15, 0.2) is 30.5 Å². The van der Waals surface area contributed by atoms with Gasteiger partial charge in [0.05, 0.1) is 6.61 Å². The second kappa shape index (κ2) is 4.37. The number of anilines is 2. The number of nitrogens with two attached hydrogens (primary N) is 1. The zero-order chi connectivity index (χ0) is 11.5. The summed E-state index contributed by atoms with van der Waals surface area (Å²) in [5, 5.41) is 10.9. The Kier molecular flexibility index (Phi) is 2.92. The standard InChI is InChI=1S/C12H15N3O/c1-15(7-8-16)12-11-9(5-6-14-12)3-2-4-10(11)13/h2-6,16H,7-8,13H2,1H3. The van der Waals surface area contributed by atoms with Gasteiger partial charge in [0.2, 0.25) is 0 Å². The molecule has 0 fully saturated rings. The monoisotopic (exact) mass is 217 g/mol. The summed E-state index contributed by atoms with van der Waals surface area (Å²) in [5.74, 6) is 0.810. The fraction of sp³-hybridized carbons (Fsp3) is 0.250. The number of likely N-dealkylation sites (N-methyl/N-ethyl adjacent to an activating group) is 1. The van der Waals surface area contributed by atoms with Gasteiger partial charge in [-0.3, -0.25) is 0 Å². The Bertz CT molecular complexity index is 493. The fourth-order valence-corrected chi connectivity index (χ4v) is 1.78. The van der Waals surface area contributed by atoms with Gasteiger partial charge in [0.1, 0.15) is 5.82 Å². The lowest BCUT2D eigenvalue weighted by Crippen LogP contribution is -2.22. The van der Waals surface area contributed by atoms with Crippen molar-refractivity contribution in [2.45, 2.75) is 0 Å². The summed E-state index contributed by atoms with van der Waals surface area (Å²) in [6, 6.07) is 7.72. The number of fused-ring (bicyclic) bond motifs is 1. The zero-order valence-electron chi connectivity index (χ0n) is 9.22. The van der Waals surface area contributed by atoms with Crippen LogP contribution in [0.4, 0.5) is 11.5 Å². The van der Waals surface area contributed by atoms with Crippen molar-refractivity contribution in [1.29, 1.82) is 0 Å². The number of nitrogens with zero attached hydrogens (tertiary/aromatic N) is 2. The second-order valence-corrected chi connectivity index (χ2v) is 3.73. The smallest absolute Gasteiger partial charge is 0.138 e. The third-order valence-corrected chi connectivity index (χ3v) is 2.60. The first-order valence-electron chi connectivity index (χ1n) is 5.19. The van der Waals surface area contributed by atoms with E-state index in [-0.39, 0.29) is 6.61 Å². The predicted molar refractivity (Wildman–Crippen MR) is 66.5 cm³/mol. The van der Waals surface area contributed by atoms with Gasteiger partial charge in [-0.1, -0.05) is 12.1 Å². The van der Waals surface area contributed by atoms with Crippen LogP contribution in [0.3, 0.4) is 0 Å². The van der Waals surface area contributed by atoms with Gasteiger partial charge >= 0.3 is 0 Å². The van der Waals surface area contributed by atoms with Crippen molar-refractivity contribution >= 4 is 22.3 Å². The van der Waals surface area contributed by atoms with E-state index in [4.69, 9.17) is 10.8 Å². The number of hydrogen-bond donors (Lipinski definition) is 2. The minimum Gasteiger partial charge on any atom is -0.398 e. The molecule has 1 aromatic heterocycles. The maximum atomic E-state index is 8.94. The van der Waals surface area contributed by atoms with Crippen LogP contribution in [0.25, 0.3) is 10.8 Å². The average molecular weight is 217 g/mol. The molecule has 0 aliphatic carbocycles. The van der Waals surface area contributed by atoms with Crippen LogP contribution < -0.4 is 10.6 Å². The van der Waals surface area contributed by atoms with E-state index in [0.717, 1.165) is 16.6 Å². The number of pyridine rings is 1. The van der Waals surface area contributed by atoms with E-state index in [1.807, 2.05) is 36.2 Å². The van der Waals surface area contributed by atoms with E-state index in [2.05, 4.69) is 4.98 Å². The van der Waals surface area contributed by atoms with Crippen LogP contribution >= 0.6 is 0 Å². The maximum absolute atomic E-state index is 8.94. The van der Waals surface area contributed by atoms with E-state index in [9.17, 15) is 0 Å². The predicted octanol–water partition coefficient (Wildman–Crippen LogP) is 1.25. The molecule has 2 aromatic rings. The minimum absolute atomic E-state index is 0.0985. The summed E-state index contributed by atoms with van der Waals surface area (Å²) >= 11 is 0. The largest absolute Gasteiger partial charge is 0.398 e. The van der Waals surface area contributed by atoms with Crippen molar-refractivity contribution in [2.24, 2.45) is 0 Å². The van der Waals surface area contributed by atoms with E-state index >= 15 is 0 Å². The second-order valence-electron chi connectivity index (χ2n) is 3.73. The van der Waals surface area contributed by atoms with Crippen molar-refractivity contribution < 1.29 is 5.11 Å². The molecule has 0 saturated heterocycles. The van der Waals surface area contributed by atoms with Crippen molar-refractivity contribution in [1.82, 2.24) is 4.98 Å². The number of aliphatic hydroxyl groups excluding tert-OH is 1. The van der Waals surface area contributed by atoms with Crippen LogP contribution in [0.1, 0.15) is 0 Å². The van der Waals surface area contributed by atoms with Gasteiger partial charge in [0, 0.05) is 30.9 Å². The molecule has 0 amide bonds. The molecule has 2 rings (SSSR count). The van der Waals surface area contributed by atoms with E-state index in [0.29, 0.717) is 12.2 Å². The van der Waals surface area contributed by atoms with Gasteiger partial charge < -0.3 is 15.7 Å². The highest BCUT2D eigenvalue weighted by Gasteiger charge is 2.09. The molecule has 84 valence electrons. The molecule has 1 aromatic carbocycles. The lowest BCUT2D eigenvalue weighted by Gasteiger charge is -2.19. The van der Waals surface area contributed by atoms with Gasteiger partial charge in [-0.2, -0.15) is 0 Å². The molecule has 0 saturated carbocycles. The van der Waals surface area contributed by atoms with Crippen molar-refractivity contribution in [2.75, 3.05) is 30.8 Å². The Morgan fingerprint density at radius 2 is 2.19 bits per heavy atom. The third kappa shape index (κ3) is 1.79. The normalized spacial score (nSPS) is 10.6. The Morgan fingerprint density at radius 3 is 2.94 bits per heavy atom. The molecule has 0 atom stereocenters. The first kappa shape index (κ1) is 10.7. The summed E-state index contributed by atoms with van der Waals surface area (Å²) in [5.41, 5.74) is 6.68. The number of rotatable bonds is 3. The summed E-state index contributed by atoms with van der Waals surface area (Å²) in [4.78, 5) is 6.22. The number of aliphatic hydroxyl groups is 1. The van der Waals surface area contributed by atoms with Gasteiger partial charge in [-0.15, -0.1) is 0 Å². The Labute approximate surface area is 94.3 Å². The highest BCUT2D eigenvalue weighted by atomic mass is 16.3. The molecule has 4 nitrogen and oxygen atoms in total. The van der Waals surface area contributed by atoms with Crippen LogP contribution in [0, 0.1) is 0 Å². The van der Waals surface area contributed by atoms with E-state index in [1.54, 1.807) is 6.20 Å². The molecule has 16 heavy (non-hydrogen) atoms. The highest BCUT2D eigenvalue weighted by molar-refractivity contribution is 6.00. The Hall–Kier alpha value is -1.81. The molecule has 0 aliphatic rings. The Morgan fingerprint density at radius 1 is 1.38 bits per heavy atom. The summed E-state index contributed by atoms with van der Waals surface area (Å²) < 4.78 is 0. The summed E-state index contributed by atoms with van der Waals surface area (Å²) in [6.45, 7) is 0.641. The zero-order valence-corrected chi connectivity index (χ0v) is 9.22.